The third kappa shape index (κ3) is 4.32. The molecule has 3 rings (SSSR count). The molecule has 1 aliphatic rings. The van der Waals surface area contributed by atoms with Gasteiger partial charge in [0.05, 0.1) is 6.54 Å². The molecule has 2 aromatic rings. The van der Waals surface area contributed by atoms with Gasteiger partial charge in [0.25, 0.3) is 0 Å². The number of nitrogens with zero attached hydrogens (tertiary/aromatic N) is 4. The summed E-state index contributed by atoms with van der Waals surface area (Å²) in [5.74, 6) is 0.698. The third-order valence-electron chi connectivity index (χ3n) is 4.32. The van der Waals surface area contributed by atoms with Gasteiger partial charge < -0.3 is 20.9 Å². The Balaban J connectivity index is 1.73. The molecule has 1 saturated heterocycles. The van der Waals surface area contributed by atoms with Crippen molar-refractivity contribution in [2.75, 3.05) is 44.7 Å². The molecule has 0 bridgehead atoms. The van der Waals surface area contributed by atoms with Gasteiger partial charge in [0.15, 0.2) is 0 Å². The van der Waals surface area contributed by atoms with Gasteiger partial charge in [-0.15, -0.1) is 0 Å². The monoisotopic (exact) mass is 340 g/mol. The number of piperazine rings is 1. The largest absolute Gasteiger partial charge is 0.340 e. The second kappa shape index (κ2) is 8.04. The lowest BCUT2D eigenvalue weighted by atomic mass is 10.1. The zero-order valence-electron chi connectivity index (χ0n) is 14.5. The summed E-state index contributed by atoms with van der Waals surface area (Å²) in [7, 11) is 1.76. The number of hydrogen-bond donors (Lipinski definition) is 2. The molecular weight excluding hydrogens is 316 g/mol. The highest BCUT2D eigenvalue weighted by molar-refractivity contribution is 5.77. The van der Waals surface area contributed by atoms with E-state index in [4.69, 9.17) is 5.73 Å². The molecule has 1 aromatic carbocycles. The minimum atomic E-state index is -0.0749. The van der Waals surface area contributed by atoms with Crippen molar-refractivity contribution in [3.8, 4) is 11.1 Å². The summed E-state index contributed by atoms with van der Waals surface area (Å²) >= 11 is 0. The highest BCUT2D eigenvalue weighted by Gasteiger charge is 2.13. The van der Waals surface area contributed by atoms with Gasteiger partial charge in [-0.2, -0.15) is 0 Å². The SMILES string of the molecule is CN(Cc1cccc(-c2cnc(N3CCNCC3)nc2)c1)C(=O)CN. The fraction of sp³-hybridized carbons (Fsp3) is 0.389. The number of aromatic nitrogens is 2. The van der Waals surface area contributed by atoms with Gasteiger partial charge in [0.2, 0.25) is 11.9 Å². The first-order valence-corrected chi connectivity index (χ1v) is 8.48. The summed E-state index contributed by atoms with van der Waals surface area (Å²) in [5.41, 5.74) is 8.46. The minimum Gasteiger partial charge on any atom is -0.340 e. The normalized spacial score (nSPS) is 14.4. The van der Waals surface area contributed by atoms with E-state index in [0.717, 1.165) is 48.8 Å². The molecule has 0 radical (unpaired) electrons. The van der Waals surface area contributed by atoms with Crippen molar-refractivity contribution in [1.82, 2.24) is 20.2 Å². The van der Waals surface area contributed by atoms with E-state index in [1.54, 1.807) is 11.9 Å². The number of likely N-dealkylation sites (N-methyl/N-ethyl adjacent to an activating group) is 1. The van der Waals surface area contributed by atoms with Crippen LogP contribution in [0.5, 0.6) is 0 Å². The maximum Gasteiger partial charge on any atom is 0.236 e. The van der Waals surface area contributed by atoms with Crippen LogP contribution in [0.2, 0.25) is 0 Å². The molecule has 0 saturated carbocycles. The van der Waals surface area contributed by atoms with Crippen LogP contribution < -0.4 is 16.0 Å². The summed E-state index contributed by atoms with van der Waals surface area (Å²) in [6, 6.07) is 8.07. The van der Waals surface area contributed by atoms with Crippen LogP contribution in [0, 0.1) is 0 Å². The standard InChI is InChI=1S/C18H24N6O/c1-23(17(25)10-19)13-14-3-2-4-15(9-14)16-11-21-18(22-12-16)24-7-5-20-6-8-24/h2-4,9,11-12,20H,5-8,10,13,19H2,1H3. The number of nitrogens with one attached hydrogen (secondary N) is 1. The van der Waals surface area contributed by atoms with E-state index < -0.39 is 0 Å². The van der Waals surface area contributed by atoms with Gasteiger partial charge >= 0.3 is 0 Å². The Morgan fingerprint density at radius 2 is 1.96 bits per heavy atom. The first-order valence-electron chi connectivity index (χ1n) is 8.48. The number of amides is 1. The van der Waals surface area contributed by atoms with Crippen LogP contribution in [0.25, 0.3) is 11.1 Å². The minimum absolute atomic E-state index is 0.0253. The average Bonchev–Trinajstić information content (AvgIpc) is 2.68. The Morgan fingerprint density at radius 1 is 1.24 bits per heavy atom. The van der Waals surface area contributed by atoms with E-state index in [1.807, 2.05) is 30.6 Å². The molecule has 0 aliphatic carbocycles. The fourth-order valence-electron chi connectivity index (χ4n) is 2.87. The first kappa shape index (κ1) is 17.3. The van der Waals surface area contributed by atoms with Crippen LogP contribution in [0.15, 0.2) is 36.7 Å². The maximum atomic E-state index is 11.6. The number of nitrogens with two attached hydrogens (primary N) is 1. The van der Waals surface area contributed by atoms with E-state index in [9.17, 15) is 4.79 Å². The highest BCUT2D eigenvalue weighted by atomic mass is 16.2. The molecule has 1 aliphatic heterocycles. The number of carbonyl (C=O) groups excluding carboxylic acids is 1. The van der Waals surface area contributed by atoms with Crippen molar-refractivity contribution in [3.05, 3.63) is 42.2 Å². The van der Waals surface area contributed by atoms with Crippen molar-refractivity contribution >= 4 is 11.9 Å². The fourth-order valence-corrected chi connectivity index (χ4v) is 2.87. The van der Waals surface area contributed by atoms with Crippen LogP contribution in [-0.2, 0) is 11.3 Å². The predicted octanol–water partition coefficient (Wildman–Crippen LogP) is 0.470. The summed E-state index contributed by atoms with van der Waals surface area (Å²) in [5, 5.41) is 3.32. The molecule has 0 spiro atoms. The molecular formula is C18H24N6O. The van der Waals surface area contributed by atoms with E-state index in [0.29, 0.717) is 6.54 Å². The van der Waals surface area contributed by atoms with Crippen LogP contribution in [0.1, 0.15) is 5.56 Å². The maximum absolute atomic E-state index is 11.6. The zero-order valence-corrected chi connectivity index (χ0v) is 14.5. The molecule has 1 fully saturated rings. The van der Waals surface area contributed by atoms with Crippen molar-refractivity contribution in [1.29, 1.82) is 0 Å². The molecule has 7 heteroatoms. The van der Waals surface area contributed by atoms with E-state index in [-0.39, 0.29) is 12.5 Å². The van der Waals surface area contributed by atoms with Gasteiger partial charge in [0.1, 0.15) is 0 Å². The summed E-state index contributed by atoms with van der Waals surface area (Å²) < 4.78 is 0. The molecule has 25 heavy (non-hydrogen) atoms. The lowest BCUT2D eigenvalue weighted by Gasteiger charge is -2.27. The van der Waals surface area contributed by atoms with E-state index in [2.05, 4.69) is 26.3 Å². The average molecular weight is 340 g/mol. The molecule has 7 nitrogen and oxygen atoms in total. The Bertz CT molecular complexity index is 712. The topological polar surface area (TPSA) is 87.4 Å². The number of hydrogen-bond acceptors (Lipinski definition) is 6. The predicted molar refractivity (Wildman–Crippen MR) is 98.1 cm³/mol. The number of carbonyl (C=O) groups is 1. The molecule has 132 valence electrons. The highest BCUT2D eigenvalue weighted by Crippen LogP contribution is 2.21. The molecule has 1 aromatic heterocycles. The second-order valence-electron chi connectivity index (χ2n) is 6.16. The van der Waals surface area contributed by atoms with Crippen LogP contribution in [-0.4, -0.2) is 60.5 Å². The summed E-state index contributed by atoms with van der Waals surface area (Å²) in [6.45, 7) is 4.33. The smallest absolute Gasteiger partial charge is 0.236 e. The van der Waals surface area contributed by atoms with Crippen LogP contribution >= 0.6 is 0 Å². The lowest BCUT2D eigenvalue weighted by molar-refractivity contribution is -0.128. The molecule has 0 atom stereocenters. The number of rotatable bonds is 5. The van der Waals surface area contributed by atoms with Gasteiger partial charge in [-0.25, -0.2) is 9.97 Å². The Morgan fingerprint density at radius 3 is 2.64 bits per heavy atom. The van der Waals surface area contributed by atoms with Gasteiger partial charge in [0, 0.05) is 57.7 Å². The molecule has 0 unspecified atom stereocenters. The molecule has 3 N–H and O–H groups in total. The van der Waals surface area contributed by atoms with Crippen molar-refractivity contribution < 1.29 is 4.79 Å². The van der Waals surface area contributed by atoms with Crippen LogP contribution in [0.4, 0.5) is 5.95 Å². The number of anilines is 1. The Labute approximate surface area is 147 Å². The van der Waals surface area contributed by atoms with Crippen molar-refractivity contribution in [2.24, 2.45) is 5.73 Å². The van der Waals surface area contributed by atoms with Gasteiger partial charge in [-0.05, 0) is 17.2 Å². The van der Waals surface area contributed by atoms with Crippen molar-refractivity contribution in [3.63, 3.8) is 0 Å². The third-order valence-corrected chi connectivity index (χ3v) is 4.32. The summed E-state index contributed by atoms with van der Waals surface area (Å²) in [6.07, 6.45) is 3.72. The van der Waals surface area contributed by atoms with Gasteiger partial charge in [-0.1, -0.05) is 18.2 Å². The van der Waals surface area contributed by atoms with E-state index in [1.165, 1.54) is 0 Å². The Kier molecular flexibility index (Phi) is 5.57. The van der Waals surface area contributed by atoms with Crippen LogP contribution in [0.3, 0.4) is 0 Å². The first-order chi connectivity index (χ1) is 12.2. The zero-order chi connectivity index (χ0) is 17.6. The lowest BCUT2D eigenvalue weighted by Crippen LogP contribution is -2.44. The quantitative estimate of drug-likeness (QED) is 0.823. The second-order valence-corrected chi connectivity index (χ2v) is 6.16. The Hall–Kier alpha value is -2.51. The number of benzene rings is 1. The molecule has 1 amide bonds. The van der Waals surface area contributed by atoms with Gasteiger partial charge in [-0.3, -0.25) is 4.79 Å². The molecule has 2 heterocycles. The van der Waals surface area contributed by atoms with E-state index >= 15 is 0 Å². The summed E-state index contributed by atoms with van der Waals surface area (Å²) in [4.78, 5) is 24.5. The van der Waals surface area contributed by atoms with Crippen molar-refractivity contribution in [2.45, 2.75) is 6.54 Å².